The van der Waals surface area contributed by atoms with Crippen molar-refractivity contribution < 1.29 is 17.9 Å². The molecule has 190 valence electrons. The normalized spacial score (nSPS) is 17.1. The molecule has 2 aromatic rings. The molecule has 3 rings (SSSR count). The zero-order valence-corrected chi connectivity index (χ0v) is 22.5. The van der Waals surface area contributed by atoms with Crippen LogP contribution in [0, 0.1) is 0 Å². The number of nitrogens with zero attached hydrogens (tertiary/aromatic N) is 2. The molecule has 35 heavy (non-hydrogen) atoms. The first kappa shape index (κ1) is 27.4. The van der Waals surface area contributed by atoms with E-state index in [1.54, 1.807) is 36.2 Å². The summed E-state index contributed by atoms with van der Waals surface area (Å²) in [5.41, 5.74) is 1.72. The van der Waals surface area contributed by atoms with Gasteiger partial charge in [0.1, 0.15) is 0 Å². The molecule has 0 aromatic heterocycles. The van der Waals surface area contributed by atoms with E-state index in [2.05, 4.69) is 0 Å². The van der Waals surface area contributed by atoms with Crippen LogP contribution >= 0.6 is 11.6 Å². The summed E-state index contributed by atoms with van der Waals surface area (Å²) in [5, 5.41) is 0.540. The van der Waals surface area contributed by atoms with Crippen molar-refractivity contribution in [3.05, 3.63) is 76.3 Å². The molecule has 6 nitrogen and oxygen atoms in total. The fraction of sp³-hybridized carbons (Fsp3) is 0.444. The number of hydrogen-bond donors (Lipinski definition) is 0. The average molecular weight is 519 g/mol. The lowest BCUT2D eigenvalue weighted by molar-refractivity contribution is -0.132. The molecule has 1 amide bonds. The number of ether oxygens (including phenoxy) is 1. The molecule has 2 aromatic carbocycles. The van der Waals surface area contributed by atoms with E-state index >= 15 is 0 Å². The van der Waals surface area contributed by atoms with Crippen LogP contribution in [0.2, 0.25) is 5.02 Å². The van der Waals surface area contributed by atoms with Gasteiger partial charge in [-0.15, -0.1) is 0 Å². The van der Waals surface area contributed by atoms with Crippen LogP contribution in [0.5, 0.6) is 0 Å². The molecule has 0 unspecified atom stereocenters. The third-order valence-corrected chi connectivity index (χ3v) is 9.31. The van der Waals surface area contributed by atoms with Crippen LogP contribution in [-0.2, 0) is 26.2 Å². The summed E-state index contributed by atoms with van der Waals surface area (Å²) < 4.78 is 34.4. The van der Waals surface area contributed by atoms with Crippen molar-refractivity contribution in [3.63, 3.8) is 0 Å². The van der Waals surface area contributed by atoms with Crippen LogP contribution in [0.25, 0.3) is 4.91 Å². The van der Waals surface area contributed by atoms with Gasteiger partial charge >= 0.3 is 0 Å². The van der Waals surface area contributed by atoms with Gasteiger partial charge in [-0.05, 0) is 48.6 Å². The lowest BCUT2D eigenvalue weighted by atomic mass is 9.82. The number of sulfonamides is 1. The van der Waals surface area contributed by atoms with Crippen LogP contribution < -0.4 is 0 Å². The van der Waals surface area contributed by atoms with E-state index in [4.69, 9.17) is 16.3 Å². The zero-order valence-electron chi connectivity index (χ0n) is 21.0. The highest BCUT2D eigenvalue weighted by Crippen LogP contribution is 2.48. The number of carbonyl (C=O) groups excluding carboxylic acids is 1. The third kappa shape index (κ3) is 5.64. The van der Waals surface area contributed by atoms with E-state index in [0.717, 1.165) is 11.1 Å². The van der Waals surface area contributed by atoms with E-state index in [1.807, 2.05) is 51.1 Å². The summed E-state index contributed by atoms with van der Waals surface area (Å²) >= 11 is 6.07. The van der Waals surface area contributed by atoms with Crippen molar-refractivity contribution in [1.29, 1.82) is 0 Å². The molecule has 0 saturated heterocycles. The molecule has 0 radical (unpaired) electrons. The van der Waals surface area contributed by atoms with Gasteiger partial charge in [-0.3, -0.25) is 4.79 Å². The molecule has 0 fully saturated rings. The molecule has 8 heteroatoms. The minimum Gasteiger partial charge on any atom is -0.376 e. The molecule has 0 saturated carbocycles. The SMILES string of the molecule is CCN(CC1=C(c2ccc(Cl)cc2)S(=O)(=O)N(C)C1(CC)CC)C(=O)CCOCc1ccccc1. The van der Waals surface area contributed by atoms with Crippen molar-refractivity contribution in [3.8, 4) is 0 Å². The van der Waals surface area contributed by atoms with Crippen molar-refractivity contribution in [2.24, 2.45) is 0 Å². The Morgan fingerprint density at radius 2 is 1.66 bits per heavy atom. The number of amides is 1. The quantitative estimate of drug-likeness (QED) is 0.376. The molecular formula is C27H35ClN2O4S. The van der Waals surface area contributed by atoms with Crippen LogP contribution in [0.1, 0.15) is 51.2 Å². The van der Waals surface area contributed by atoms with Crippen molar-refractivity contribution >= 4 is 32.4 Å². The Hall–Kier alpha value is -2.19. The lowest BCUT2D eigenvalue weighted by Gasteiger charge is -2.37. The predicted molar refractivity (Wildman–Crippen MR) is 141 cm³/mol. The fourth-order valence-corrected chi connectivity index (χ4v) is 7.07. The second kappa shape index (κ2) is 11.7. The summed E-state index contributed by atoms with van der Waals surface area (Å²) in [4.78, 5) is 15.1. The van der Waals surface area contributed by atoms with Crippen LogP contribution in [-0.4, -0.2) is 55.8 Å². The molecule has 0 N–H and O–H groups in total. The van der Waals surface area contributed by atoms with Gasteiger partial charge in [0, 0.05) is 25.2 Å². The standard InChI is InChI=1S/C27H35ClN2O4S/c1-5-27(6-2)24(26(35(32,33)29(27)4)22-13-15-23(28)16-14-22)19-30(7-3)25(31)17-18-34-20-21-11-9-8-10-12-21/h8-16H,5-7,17-20H2,1-4H3. The van der Waals surface area contributed by atoms with Gasteiger partial charge in [-0.2, -0.15) is 4.31 Å². The summed E-state index contributed by atoms with van der Waals surface area (Å²) in [6, 6.07) is 16.7. The largest absolute Gasteiger partial charge is 0.376 e. The third-order valence-electron chi connectivity index (χ3n) is 6.99. The highest BCUT2D eigenvalue weighted by atomic mass is 35.5. The minimum absolute atomic E-state index is 0.0587. The molecular weight excluding hydrogens is 484 g/mol. The Labute approximate surface area is 214 Å². The van der Waals surface area contributed by atoms with Gasteiger partial charge in [0.05, 0.1) is 30.1 Å². The molecule has 1 aliphatic heterocycles. The number of hydrogen-bond acceptors (Lipinski definition) is 4. The van der Waals surface area contributed by atoms with Gasteiger partial charge in [0.2, 0.25) is 15.9 Å². The second-order valence-corrected chi connectivity index (χ2v) is 11.1. The Morgan fingerprint density at radius 1 is 1.03 bits per heavy atom. The maximum atomic E-state index is 13.6. The van der Waals surface area contributed by atoms with Crippen LogP contribution in [0.4, 0.5) is 0 Å². The Bertz CT molecular complexity index is 1140. The number of rotatable bonds is 11. The fourth-order valence-electron chi connectivity index (χ4n) is 4.84. The number of benzene rings is 2. The minimum atomic E-state index is -3.74. The Morgan fingerprint density at radius 3 is 2.23 bits per heavy atom. The van der Waals surface area contributed by atoms with E-state index in [-0.39, 0.29) is 23.8 Å². The Balaban J connectivity index is 1.87. The van der Waals surface area contributed by atoms with E-state index in [1.165, 1.54) is 4.31 Å². The summed E-state index contributed by atoms with van der Waals surface area (Å²) in [6.45, 7) is 7.38. The van der Waals surface area contributed by atoms with Crippen molar-refractivity contribution in [1.82, 2.24) is 9.21 Å². The molecule has 1 heterocycles. The van der Waals surface area contributed by atoms with Gasteiger partial charge in [-0.25, -0.2) is 8.42 Å². The number of likely N-dealkylation sites (N-methyl/N-ethyl adjacent to an activating group) is 2. The smallest absolute Gasteiger partial charge is 0.244 e. The second-order valence-electron chi connectivity index (χ2n) is 8.72. The molecule has 0 atom stereocenters. The maximum absolute atomic E-state index is 13.6. The summed E-state index contributed by atoms with van der Waals surface area (Å²) in [7, 11) is -2.10. The van der Waals surface area contributed by atoms with Crippen molar-refractivity contribution in [2.75, 3.05) is 26.7 Å². The summed E-state index contributed by atoms with van der Waals surface area (Å²) in [5.74, 6) is -0.0587. The lowest BCUT2D eigenvalue weighted by Crippen LogP contribution is -2.47. The van der Waals surface area contributed by atoms with Gasteiger partial charge < -0.3 is 9.64 Å². The highest BCUT2D eigenvalue weighted by Gasteiger charge is 2.52. The van der Waals surface area contributed by atoms with E-state index < -0.39 is 15.6 Å². The molecule has 0 aliphatic carbocycles. The van der Waals surface area contributed by atoms with E-state index in [9.17, 15) is 13.2 Å². The van der Waals surface area contributed by atoms with Crippen molar-refractivity contribution in [2.45, 2.75) is 52.2 Å². The maximum Gasteiger partial charge on any atom is 0.244 e. The average Bonchev–Trinajstić information content (AvgIpc) is 3.03. The first-order valence-corrected chi connectivity index (χ1v) is 13.9. The van der Waals surface area contributed by atoms with E-state index in [0.29, 0.717) is 43.2 Å². The van der Waals surface area contributed by atoms with Crippen LogP contribution in [0.3, 0.4) is 0 Å². The Kier molecular flexibility index (Phi) is 9.16. The first-order valence-electron chi connectivity index (χ1n) is 12.1. The summed E-state index contributed by atoms with van der Waals surface area (Å²) in [6.07, 6.45) is 1.45. The zero-order chi connectivity index (χ0) is 25.6. The highest BCUT2D eigenvalue weighted by molar-refractivity contribution is 7.98. The molecule has 0 spiro atoms. The molecule has 0 bridgehead atoms. The first-order chi connectivity index (χ1) is 16.7. The van der Waals surface area contributed by atoms with Gasteiger partial charge in [0.15, 0.2) is 0 Å². The van der Waals surface area contributed by atoms with Gasteiger partial charge in [0.25, 0.3) is 0 Å². The monoisotopic (exact) mass is 518 g/mol. The van der Waals surface area contributed by atoms with Gasteiger partial charge in [-0.1, -0.05) is 67.9 Å². The van der Waals surface area contributed by atoms with Crippen LogP contribution in [0.15, 0.2) is 60.2 Å². The molecule has 1 aliphatic rings. The number of carbonyl (C=O) groups is 1. The predicted octanol–water partition coefficient (Wildman–Crippen LogP) is 5.34. The topological polar surface area (TPSA) is 66.9 Å². The number of halogens is 1.